The Morgan fingerprint density at radius 3 is 2.41 bits per heavy atom. The van der Waals surface area contributed by atoms with Crippen molar-refractivity contribution in [1.29, 1.82) is 0 Å². The Bertz CT molecular complexity index is 291. The van der Waals surface area contributed by atoms with Crippen LogP contribution in [0, 0.1) is 5.41 Å². The topological polar surface area (TPSA) is 69.6 Å². The third-order valence-corrected chi connectivity index (χ3v) is 2.75. The molecule has 0 radical (unpaired) electrons. The van der Waals surface area contributed by atoms with Crippen molar-refractivity contribution in [2.75, 3.05) is 19.6 Å². The number of aliphatic hydroxyl groups excluding tert-OH is 1. The number of hydrogen-bond acceptors (Lipinski definition) is 3. The Morgan fingerprint density at radius 2 is 1.94 bits per heavy atom. The highest BCUT2D eigenvalue weighted by Crippen LogP contribution is 2.13. The molecule has 0 aromatic carbocycles. The van der Waals surface area contributed by atoms with Crippen LogP contribution in [-0.4, -0.2) is 47.6 Å². The zero-order valence-corrected chi connectivity index (χ0v) is 10.8. The molecule has 1 rings (SSSR count). The van der Waals surface area contributed by atoms with Crippen molar-refractivity contribution in [3.05, 3.63) is 0 Å². The summed E-state index contributed by atoms with van der Waals surface area (Å²) >= 11 is 0. The molecular weight excluding hydrogens is 220 g/mol. The lowest BCUT2D eigenvalue weighted by Gasteiger charge is -2.35. The number of rotatable bonds is 4. The third-order valence-electron chi connectivity index (χ3n) is 2.75. The van der Waals surface area contributed by atoms with Crippen LogP contribution >= 0.6 is 0 Å². The first-order valence-electron chi connectivity index (χ1n) is 6.05. The monoisotopic (exact) mass is 242 g/mol. The number of carbonyl (C=O) groups is 2. The number of carbonyl (C=O) groups excluding carboxylic acids is 2. The minimum Gasteiger partial charge on any atom is -0.389 e. The van der Waals surface area contributed by atoms with Crippen LogP contribution in [0.15, 0.2) is 0 Å². The summed E-state index contributed by atoms with van der Waals surface area (Å²) in [7, 11) is 0. The maximum atomic E-state index is 11.5. The fourth-order valence-electron chi connectivity index (χ4n) is 1.52. The fourth-order valence-corrected chi connectivity index (χ4v) is 1.52. The largest absolute Gasteiger partial charge is 0.389 e. The fraction of sp³-hybridized carbons (Fsp3) is 0.833. The van der Waals surface area contributed by atoms with Gasteiger partial charge in [0.1, 0.15) is 0 Å². The molecular formula is C12H22N2O3. The van der Waals surface area contributed by atoms with E-state index in [-0.39, 0.29) is 23.3 Å². The smallest absolute Gasteiger partial charge is 0.225 e. The summed E-state index contributed by atoms with van der Waals surface area (Å²) in [6.45, 7) is 7.00. The molecule has 5 heteroatoms. The van der Waals surface area contributed by atoms with Crippen LogP contribution in [0.4, 0.5) is 0 Å². The molecule has 1 heterocycles. The number of aliphatic hydroxyl groups is 1. The molecule has 0 bridgehead atoms. The summed E-state index contributed by atoms with van der Waals surface area (Å²) < 4.78 is 0. The van der Waals surface area contributed by atoms with Gasteiger partial charge in [-0.15, -0.1) is 0 Å². The Morgan fingerprint density at radius 1 is 1.35 bits per heavy atom. The van der Waals surface area contributed by atoms with Crippen molar-refractivity contribution in [3.63, 3.8) is 0 Å². The van der Waals surface area contributed by atoms with E-state index in [0.29, 0.717) is 32.5 Å². The van der Waals surface area contributed by atoms with Gasteiger partial charge in [-0.3, -0.25) is 9.59 Å². The van der Waals surface area contributed by atoms with Gasteiger partial charge in [0.05, 0.1) is 6.10 Å². The van der Waals surface area contributed by atoms with Crippen LogP contribution in [0.3, 0.4) is 0 Å². The van der Waals surface area contributed by atoms with Gasteiger partial charge in [-0.05, 0) is 6.42 Å². The Labute approximate surface area is 102 Å². The van der Waals surface area contributed by atoms with E-state index in [1.54, 1.807) is 4.90 Å². The van der Waals surface area contributed by atoms with Gasteiger partial charge in [0.2, 0.25) is 11.8 Å². The molecule has 1 saturated heterocycles. The molecule has 2 amide bonds. The number of amides is 2. The third kappa shape index (κ3) is 4.34. The van der Waals surface area contributed by atoms with Crippen LogP contribution in [0.1, 0.15) is 33.6 Å². The molecule has 17 heavy (non-hydrogen) atoms. The molecule has 0 unspecified atom stereocenters. The van der Waals surface area contributed by atoms with Crippen LogP contribution in [0.5, 0.6) is 0 Å². The van der Waals surface area contributed by atoms with E-state index < -0.39 is 0 Å². The predicted molar refractivity (Wildman–Crippen MR) is 64.3 cm³/mol. The highest BCUT2D eigenvalue weighted by Gasteiger charge is 2.28. The Kier molecular flexibility index (Phi) is 4.51. The Balaban J connectivity index is 2.08. The molecule has 0 saturated carbocycles. The highest BCUT2D eigenvalue weighted by molar-refractivity contribution is 5.81. The molecule has 2 N–H and O–H groups in total. The van der Waals surface area contributed by atoms with Crippen LogP contribution < -0.4 is 5.32 Å². The van der Waals surface area contributed by atoms with Crippen LogP contribution in [0.2, 0.25) is 0 Å². The standard InChI is InChI=1S/C12H22N2O3/c1-12(2,3)11(17)13-6-4-5-10(16)14-7-9(15)8-14/h9,15H,4-8H2,1-3H3,(H,13,17). The number of hydrogen-bond donors (Lipinski definition) is 2. The quantitative estimate of drug-likeness (QED) is 0.689. The van der Waals surface area contributed by atoms with Gasteiger partial charge < -0.3 is 15.3 Å². The van der Waals surface area contributed by atoms with E-state index in [9.17, 15) is 9.59 Å². The average Bonchev–Trinajstić information content (AvgIpc) is 2.17. The zero-order chi connectivity index (χ0) is 13.1. The van der Waals surface area contributed by atoms with E-state index in [1.807, 2.05) is 20.8 Å². The van der Waals surface area contributed by atoms with Gasteiger partial charge in [0.25, 0.3) is 0 Å². The molecule has 0 aliphatic carbocycles. The normalized spacial score (nSPS) is 16.6. The van der Waals surface area contributed by atoms with Gasteiger partial charge in [-0.1, -0.05) is 20.8 Å². The molecule has 1 fully saturated rings. The lowest BCUT2D eigenvalue weighted by molar-refractivity contribution is -0.141. The predicted octanol–water partition coefficient (Wildman–Crippen LogP) is 0.132. The molecule has 1 aliphatic heterocycles. The van der Waals surface area contributed by atoms with Gasteiger partial charge in [-0.2, -0.15) is 0 Å². The van der Waals surface area contributed by atoms with E-state index >= 15 is 0 Å². The zero-order valence-electron chi connectivity index (χ0n) is 10.8. The first-order valence-corrected chi connectivity index (χ1v) is 6.05. The van der Waals surface area contributed by atoms with Crippen molar-refractivity contribution >= 4 is 11.8 Å². The maximum absolute atomic E-state index is 11.5. The molecule has 5 nitrogen and oxygen atoms in total. The molecule has 0 atom stereocenters. The summed E-state index contributed by atoms with van der Waals surface area (Å²) in [6.07, 6.45) is 0.726. The summed E-state index contributed by atoms with van der Waals surface area (Å²) in [5.41, 5.74) is -0.383. The number of β-amino-alcohol motifs (C(OH)–C–C–N with tert-alkyl or cyclic N) is 1. The lowest BCUT2D eigenvalue weighted by atomic mass is 9.96. The molecule has 0 aromatic heterocycles. The Hall–Kier alpha value is -1.10. The lowest BCUT2D eigenvalue weighted by Crippen LogP contribution is -2.53. The number of nitrogens with one attached hydrogen (secondary N) is 1. The summed E-state index contributed by atoms with van der Waals surface area (Å²) in [5, 5.41) is 11.9. The van der Waals surface area contributed by atoms with Gasteiger partial charge in [-0.25, -0.2) is 0 Å². The first-order chi connectivity index (χ1) is 7.80. The summed E-state index contributed by atoms with van der Waals surface area (Å²) in [4.78, 5) is 24.7. The minimum absolute atomic E-state index is 0.00400. The maximum Gasteiger partial charge on any atom is 0.225 e. The van der Waals surface area contributed by atoms with Crippen molar-refractivity contribution in [2.24, 2.45) is 5.41 Å². The molecule has 98 valence electrons. The van der Waals surface area contributed by atoms with Crippen LogP contribution in [0.25, 0.3) is 0 Å². The van der Waals surface area contributed by atoms with E-state index in [2.05, 4.69) is 5.32 Å². The van der Waals surface area contributed by atoms with Crippen molar-refractivity contribution in [3.8, 4) is 0 Å². The highest BCUT2D eigenvalue weighted by atomic mass is 16.3. The summed E-state index contributed by atoms with van der Waals surface area (Å²) in [6, 6.07) is 0. The second-order valence-electron chi connectivity index (χ2n) is 5.56. The van der Waals surface area contributed by atoms with E-state index in [0.717, 1.165) is 0 Å². The van der Waals surface area contributed by atoms with Crippen molar-refractivity contribution < 1.29 is 14.7 Å². The van der Waals surface area contributed by atoms with Gasteiger partial charge in [0, 0.05) is 31.5 Å². The van der Waals surface area contributed by atoms with Gasteiger partial charge >= 0.3 is 0 Å². The van der Waals surface area contributed by atoms with Crippen molar-refractivity contribution in [2.45, 2.75) is 39.7 Å². The second-order valence-corrected chi connectivity index (χ2v) is 5.56. The minimum atomic E-state index is -0.383. The van der Waals surface area contributed by atoms with Crippen molar-refractivity contribution in [1.82, 2.24) is 10.2 Å². The molecule has 0 spiro atoms. The van der Waals surface area contributed by atoms with E-state index in [4.69, 9.17) is 5.11 Å². The van der Waals surface area contributed by atoms with Crippen LogP contribution in [-0.2, 0) is 9.59 Å². The SMILES string of the molecule is CC(C)(C)C(=O)NCCCC(=O)N1CC(O)C1. The molecule has 0 aromatic rings. The number of likely N-dealkylation sites (tertiary alicyclic amines) is 1. The second kappa shape index (κ2) is 5.49. The summed E-state index contributed by atoms with van der Waals surface area (Å²) in [5.74, 6) is 0.0598. The van der Waals surface area contributed by atoms with E-state index in [1.165, 1.54) is 0 Å². The number of nitrogens with zero attached hydrogens (tertiary/aromatic N) is 1. The first kappa shape index (κ1) is 14.0. The molecule has 1 aliphatic rings. The van der Waals surface area contributed by atoms with Gasteiger partial charge in [0.15, 0.2) is 0 Å². The average molecular weight is 242 g/mol.